The molecule has 0 aliphatic carbocycles. The van der Waals surface area contributed by atoms with E-state index in [1.54, 1.807) is 19.2 Å². The Bertz CT molecular complexity index is 708. The van der Waals surface area contributed by atoms with Crippen LogP contribution in [0, 0.1) is 12.7 Å². The van der Waals surface area contributed by atoms with Crippen LogP contribution < -0.4 is 11.2 Å². The first kappa shape index (κ1) is 12.5. The Kier molecular flexibility index (Phi) is 3.29. The van der Waals surface area contributed by atoms with Crippen molar-refractivity contribution in [3.63, 3.8) is 0 Å². The lowest BCUT2D eigenvalue weighted by molar-refractivity contribution is 0.557. The van der Waals surface area contributed by atoms with Gasteiger partial charge in [-0.3, -0.25) is 19.3 Å². The van der Waals surface area contributed by atoms with Crippen LogP contribution in [0.25, 0.3) is 0 Å². The third-order valence-corrected chi connectivity index (χ3v) is 2.81. The Hall–Kier alpha value is -1.95. The third-order valence-electron chi connectivity index (χ3n) is 2.55. The molecular weight excluding hydrogens is 261 g/mol. The third kappa shape index (κ3) is 2.19. The van der Waals surface area contributed by atoms with Gasteiger partial charge in [-0.15, -0.1) is 0 Å². The fraction of sp³-hybridized carbons (Fsp3) is 0.182. The number of H-pyrrole nitrogens is 1. The summed E-state index contributed by atoms with van der Waals surface area (Å²) in [5.74, 6) is -1.16. The molecule has 0 aliphatic heterocycles. The van der Waals surface area contributed by atoms with Gasteiger partial charge in [0.15, 0.2) is 5.15 Å². The number of hydrogen-bond donors (Lipinski definition) is 1. The zero-order valence-electron chi connectivity index (χ0n) is 9.41. The van der Waals surface area contributed by atoms with E-state index >= 15 is 0 Å². The van der Waals surface area contributed by atoms with Gasteiger partial charge in [-0.05, 0) is 24.1 Å². The van der Waals surface area contributed by atoms with Gasteiger partial charge in [-0.25, -0.2) is 4.79 Å². The first-order chi connectivity index (χ1) is 8.50. The molecule has 1 N–H and O–H groups in total. The average molecular weight is 270 g/mol. The molecule has 0 aromatic carbocycles. The molecule has 0 unspecified atom stereocenters. The minimum absolute atomic E-state index is 0.0311. The van der Waals surface area contributed by atoms with E-state index in [1.807, 2.05) is 0 Å². The highest BCUT2D eigenvalue weighted by Crippen LogP contribution is 2.07. The average Bonchev–Trinajstić information content (AvgIpc) is 2.34. The summed E-state index contributed by atoms with van der Waals surface area (Å²) in [4.78, 5) is 29.1. The molecule has 0 saturated heterocycles. The Morgan fingerprint density at radius 3 is 2.89 bits per heavy atom. The zero-order chi connectivity index (χ0) is 13.3. The normalized spacial score (nSPS) is 10.6. The van der Waals surface area contributed by atoms with E-state index in [9.17, 15) is 14.0 Å². The van der Waals surface area contributed by atoms with Crippen LogP contribution in [0.2, 0.25) is 5.15 Å². The van der Waals surface area contributed by atoms with Gasteiger partial charge in [0, 0.05) is 12.4 Å². The molecular formula is C11H9ClFN3O2. The summed E-state index contributed by atoms with van der Waals surface area (Å²) >= 11 is 5.37. The van der Waals surface area contributed by atoms with E-state index in [4.69, 9.17) is 11.6 Å². The van der Waals surface area contributed by atoms with Crippen molar-refractivity contribution in [1.82, 2.24) is 14.5 Å². The number of rotatable bonds is 2. The summed E-state index contributed by atoms with van der Waals surface area (Å²) in [5, 5.41) is -0.576. The summed E-state index contributed by atoms with van der Waals surface area (Å²) in [7, 11) is 0. The van der Waals surface area contributed by atoms with Crippen molar-refractivity contribution in [3.8, 4) is 0 Å². The molecule has 2 aromatic heterocycles. The molecule has 0 bridgehead atoms. The lowest BCUT2D eigenvalue weighted by atomic mass is 10.1. The standard InChI is InChI=1S/C11H9ClFN3O2/c1-6-4-14-3-2-7(6)5-16-10(17)8(13)9(12)15-11(16)18/h2-4H,5H2,1H3,(H,15,18). The SMILES string of the molecule is Cc1cnccc1Cn1c(=O)[nH]c(Cl)c(F)c1=O. The van der Waals surface area contributed by atoms with Crippen LogP contribution in [0.15, 0.2) is 28.0 Å². The molecule has 0 amide bonds. The molecule has 2 aromatic rings. The maximum Gasteiger partial charge on any atom is 0.329 e. The maximum absolute atomic E-state index is 13.3. The van der Waals surface area contributed by atoms with Gasteiger partial charge in [0.2, 0.25) is 5.82 Å². The number of pyridine rings is 1. The number of aromatic amines is 1. The molecule has 0 fully saturated rings. The monoisotopic (exact) mass is 269 g/mol. The molecule has 0 radical (unpaired) electrons. The summed E-state index contributed by atoms with van der Waals surface area (Å²) in [5.41, 5.74) is -0.277. The second-order valence-electron chi connectivity index (χ2n) is 3.75. The van der Waals surface area contributed by atoms with Gasteiger partial charge in [-0.2, -0.15) is 4.39 Å². The van der Waals surface area contributed by atoms with E-state index < -0.39 is 22.2 Å². The van der Waals surface area contributed by atoms with Crippen LogP contribution in [0.4, 0.5) is 4.39 Å². The van der Waals surface area contributed by atoms with E-state index in [-0.39, 0.29) is 6.54 Å². The van der Waals surface area contributed by atoms with Crippen molar-refractivity contribution < 1.29 is 4.39 Å². The number of nitrogens with one attached hydrogen (secondary N) is 1. The Labute approximate surface area is 106 Å². The second-order valence-corrected chi connectivity index (χ2v) is 4.13. The number of aromatic nitrogens is 3. The predicted molar refractivity (Wildman–Crippen MR) is 64.4 cm³/mol. The minimum atomic E-state index is -1.16. The van der Waals surface area contributed by atoms with Gasteiger partial charge >= 0.3 is 5.69 Å². The maximum atomic E-state index is 13.3. The Morgan fingerprint density at radius 1 is 1.50 bits per heavy atom. The largest absolute Gasteiger partial charge is 0.329 e. The van der Waals surface area contributed by atoms with Crippen LogP contribution in [0.3, 0.4) is 0 Å². The topological polar surface area (TPSA) is 67.8 Å². The predicted octanol–water partition coefficient (Wildman–Crippen LogP) is 1.08. The molecule has 94 valence electrons. The molecule has 2 heterocycles. The van der Waals surface area contributed by atoms with Crippen LogP contribution >= 0.6 is 11.6 Å². The molecule has 2 rings (SSSR count). The number of halogens is 2. The van der Waals surface area contributed by atoms with Gasteiger partial charge in [0.05, 0.1) is 6.54 Å². The van der Waals surface area contributed by atoms with Crippen molar-refractivity contribution in [1.29, 1.82) is 0 Å². The quantitative estimate of drug-likeness (QED) is 0.830. The molecule has 7 heteroatoms. The van der Waals surface area contributed by atoms with E-state index in [0.717, 1.165) is 10.1 Å². The van der Waals surface area contributed by atoms with Crippen LogP contribution in [-0.2, 0) is 6.54 Å². The van der Waals surface area contributed by atoms with E-state index in [2.05, 4.69) is 9.97 Å². The molecule has 0 atom stereocenters. The second kappa shape index (κ2) is 4.73. The molecule has 5 nitrogen and oxygen atoms in total. The minimum Gasteiger partial charge on any atom is -0.295 e. The summed E-state index contributed by atoms with van der Waals surface area (Å²) in [6.07, 6.45) is 3.13. The molecule has 0 spiro atoms. The van der Waals surface area contributed by atoms with E-state index in [1.165, 1.54) is 6.20 Å². The van der Waals surface area contributed by atoms with Crippen LogP contribution in [0.1, 0.15) is 11.1 Å². The van der Waals surface area contributed by atoms with E-state index in [0.29, 0.717) is 5.56 Å². The lowest BCUT2D eigenvalue weighted by Crippen LogP contribution is -2.37. The van der Waals surface area contributed by atoms with Gasteiger partial charge in [0.25, 0.3) is 5.56 Å². The molecule has 0 aliphatic rings. The van der Waals surface area contributed by atoms with Gasteiger partial charge in [0.1, 0.15) is 0 Å². The van der Waals surface area contributed by atoms with Crippen molar-refractivity contribution in [3.05, 3.63) is 61.4 Å². The fourth-order valence-electron chi connectivity index (χ4n) is 1.51. The zero-order valence-corrected chi connectivity index (χ0v) is 10.2. The summed E-state index contributed by atoms with van der Waals surface area (Å²) < 4.78 is 14.1. The highest BCUT2D eigenvalue weighted by Gasteiger charge is 2.13. The van der Waals surface area contributed by atoms with Crippen LogP contribution in [0.5, 0.6) is 0 Å². The summed E-state index contributed by atoms with van der Waals surface area (Å²) in [6.45, 7) is 1.75. The lowest BCUT2D eigenvalue weighted by Gasteiger charge is -2.07. The van der Waals surface area contributed by atoms with Crippen molar-refractivity contribution in [2.75, 3.05) is 0 Å². The van der Waals surface area contributed by atoms with Gasteiger partial charge < -0.3 is 0 Å². The van der Waals surface area contributed by atoms with Gasteiger partial charge in [-0.1, -0.05) is 11.6 Å². The first-order valence-corrected chi connectivity index (χ1v) is 5.46. The highest BCUT2D eigenvalue weighted by molar-refractivity contribution is 6.29. The van der Waals surface area contributed by atoms with Crippen LogP contribution in [-0.4, -0.2) is 14.5 Å². The number of hydrogen-bond acceptors (Lipinski definition) is 3. The smallest absolute Gasteiger partial charge is 0.295 e. The number of nitrogens with zero attached hydrogens (tertiary/aromatic N) is 2. The first-order valence-electron chi connectivity index (χ1n) is 5.08. The highest BCUT2D eigenvalue weighted by atomic mass is 35.5. The molecule has 0 saturated carbocycles. The Balaban J connectivity index is 2.55. The Morgan fingerprint density at radius 2 is 2.22 bits per heavy atom. The molecule has 18 heavy (non-hydrogen) atoms. The van der Waals surface area contributed by atoms with Crippen molar-refractivity contribution in [2.45, 2.75) is 13.5 Å². The fourth-order valence-corrected chi connectivity index (χ4v) is 1.68. The number of aryl methyl sites for hydroxylation is 1. The van der Waals surface area contributed by atoms with Crippen molar-refractivity contribution >= 4 is 11.6 Å². The van der Waals surface area contributed by atoms with Crippen molar-refractivity contribution in [2.24, 2.45) is 0 Å². The summed E-state index contributed by atoms with van der Waals surface area (Å²) in [6, 6.07) is 1.66.